The highest BCUT2D eigenvalue weighted by Crippen LogP contribution is 2.72. The van der Waals surface area contributed by atoms with Crippen molar-refractivity contribution in [3.63, 3.8) is 0 Å². The van der Waals surface area contributed by atoms with Crippen LogP contribution in [0.5, 0.6) is 0 Å². The van der Waals surface area contributed by atoms with Gasteiger partial charge in [0.15, 0.2) is 0 Å². The lowest BCUT2D eigenvalue weighted by Gasteiger charge is -2.49. The van der Waals surface area contributed by atoms with Crippen LogP contribution in [-0.4, -0.2) is 104 Å². The van der Waals surface area contributed by atoms with E-state index in [2.05, 4.69) is 0 Å². The van der Waals surface area contributed by atoms with Crippen LogP contribution in [0.15, 0.2) is 119 Å². The molecule has 4 aliphatic rings. The standard InChI is InChI=1S/C40H38N4O12S2/c1-53-33(45)31-23-39(27-19-11-13-21-29(27)43(35(39)41(31)37(47)55-3)57(49,50)25-15-7-5-8-16-25)40-24-32(34(46)54-2)42(38(48)56-4)36(40)44(30-22-14-12-20-28(30)40)58(51,52)26-17-9-6-10-18-26/h5-22,31-32,35-36H,23-24H2,1-4H3/t31-,32-,35-,36-,39-,40-/m0/s1. The van der Waals surface area contributed by atoms with Crippen LogP contribution in [0.3, 0.4) is 0 Å². The van der Waals surface area contributed by atoms with Crippen molar-refractivity contribution in [1.29, 1.82) is 0 Å². The normalized spacial score (nSPS) is 25.7. The molecule has 4 heterocycles. The predicted octanol–water partition coefficient (Wildman–Crippen LogP) is 3.96. The van der Waals surface area contributed by atoms with E-state index in [4.69, 9.17) is 18.9 Å². The quantitative estimate of drug-likeness (QED) is 0.193. The minimum atomic E-state index is -4.66. The summed E-state index contributed by atoms with van der Waals surface area (Å²) >= 11 is 0. The average molecular weight is 831 g/mol. The van der Waals surface area contributed by atoms with Crippen molar-refractivity contribution in [3.8, 4) is 0 Å². The molecule has 16 nitrogen and oxygen atoms in total. The number of para-hydroxylation sites is 2. The Balaban J connectivity index is 1.56. The largest absolute Gasteiger partial charge is 0.467 e. The Labute approximate surface area is 334 Å². The zero-order chi connectivity index (χ0) is 41.4. The Morgan fingerprint density at radius 1 is 0.500 bits per heavy atom. The molecule has 8 rings (SSSR count). The number of nitrogens with zero attached hydrogens (tertiary/aromatic N) is 4. The van der Waals surface area contributed by atoms with Gasteiger partial charge in [-0.3, -0.25) is 9.80 Å². The Morgan fingerprint density at radius 2 is 0.828 bits per heavy atom. The van der Waals surface area contributed by atoms with Crippen LogP contribution in [0.25, 0.3) is 0 Å². The number of ether oxygens (including phenoxy) is 4. The van der Waals surface area contributed by atoms with Crippen molar-refractivity contribution in [2.75, 3.05) is 37.0 Å². The maximum absolute atomic E-state index is 15.2. The summed E-state index contributed by atoms with van der Waals surface area (Å²) in [6, 6.07) is 24.8. The number of amides is 2. The van der Waals surface area contributed by atoms with Gasteiger partial charge in [-0.05, 0) is 60.4 Å². The third-order valence-corrected chi connectivity index (χ3v) is 15.5. The van der Waals surface area contributed by atoms with E-state index >= 15 is 16.8 Å². The molecule has 4 aromatic rings. The van der Waals surface area contributed by atoms with Crippen LogP contribution < -0.4 is 8.61 Å². The monoisotopic (exact) mass is 830 g/mol. The number of anilines is 2. The Bertz CT molecular complexity index is 2380. The summed E-state index contributed by atoms with van der Waals surface area (Å²) in [5.74, 6) is -1.84. The Kier molecular flexibility index (Phi) is 9.19. The molecule has 0 spiro atoms. The average Bonchev–Trinajstić information content (AvgIpc) is 3.96. The van der Waals surface area contributed by atoms with Gasteiger partial charge in [-0.2, -0.15) is 0 Å². The highest BCUT2D eigenvalue weighted by atomic mass is 32.2. The predicted molar refractivity (Wildman–Crippen MR) is 205 cm³/mol. The molecule has 2 saturated heterocycles. The van der Waals surface area contributed by atoms with E-state index in [9.17, 15) is 19.2 Å². The molecule has 4 aromatic carbocycles. The molecule has 0 saturated carbocycles. The SMILES string of the molecule is COC(=O)[C@@H]1C[C@]2([C@]34C[C@@H](C(=O)OC)N(C(=O)OC)[C@H]3N(S(=O)(=O)c3ccccc3)c3ccccc34)c3ccccc3N(S(=O)(=O)c3ccccc3)[C@@H]2N1C(=O)OC. The molecule has 0 aliphatic carbocycles. The van der Waals surface area contributed by atoms with Gasteiger partial charge in [-0.1, -0.05) is 72.8 Å². The van der Waals surface area contributed by atoms with Gasteiger partial charge in [0, 0.05) is 0 Å². The zero-order valence-corrected chi connectivity index (χ0v) is 33.3. The number of hydrogen-bond donors (Lipinski definition) is 0. The van der Waals surface area contributed by atoms with E-state index < -0.39 is 79.4 Å². The number of hydrogen-bond acceptors (Lipinski definition) is 12. The smallest absolute Gasteiger partial charge is 0.411 e. The fraction of sp³-hybridized carbons (Fsp3) is 0.300. The highest BCUT2D eigenvalue weighted by molar-refractivity contribution is 7.93. The first-order chi connectivity index (χ1) is 27.8. The second kappa shape index (κ2) is 13.8. The minimum Gasteiger partial charge on any atom is -0.467 e. The van der Waals surface area contributed by atoms with Gasteiger partial charge in [-0.25, -0.2) is 44.6 Å². The van der Waals surface area contributed by atoms with E-state index in [0.717, 1.165) is 46.8 Å². The van der Waals surface area contributed by atoms with Crippen LogP contribution in [0.2, 0.25) is 0 Å². The number of carbonyl (C=O) groups is 4. The van der Waals surface area contributed by atoms with Crippen molar-refractivity contribution >= 4 is 55.5 Å². The second-order valence-electron chi connectivity index (χ2n) is 14.2. The molecule has 0 aromatic heterocycles. The molecule has 6 atom stereocenters. The van der Waals surface area contributed by atoms with Gasteiger partial charge in [0.05, 0.1) is 60.4 Å². The topological polar surface area (TPSA) is 186 Å². The minimum absolute atomic E-state index is 0.106. The van der Waals surface area contributed by atoms with Crippen LogP contribution in [0, 0.1) is 0 Å². The molecule has 2 amide bonds. The van der Waals surface area contributed by atoms with E-state index in [1.807, 2.05) is 0 Å². The molecule has 0 N–H and O–H groups in total. The maximum Gasteiger partial charge on any atom is 0.411 e. The summed E-state index contributed by atoms with van der Waals surface area (Å²) < 4.78 is 84.2. The third kappa shape index (κ3) is 4.96. The van der Waals surface area contributed by atoms with Crippen LogP contribution >= 0.6 is 0 Å². The fourth-order valence-electron chi connectivity index (χ4n) is 9.88. The number of likely N-dealkylation sites (tertiary alicyclic amines) is 2. The van der Waals surface area contributed by atoms with Crippen LogP contribution in [0.4, 0.5) is 21.0 Å². The summed E-state index contributed by atoms with van der Waals surface area (Å²) in [5.41, 5.74) is -2.95. The van der Waals surface area contributed by atoms with Gasteiger partial charge in [0.2, 0.25) is 0 Å². The number of sulfonamides is 2. The van der Waals surface area contributed by atoms with Crippen molar-refractivity contribution in [2.24, 2.45) is 0 Å². The Morgan fingerprint density at radius 3 is 1.16 bits per heavy atom. The van der Waals surface area contributed by atoms with Crippen molar-refractivity contribution < 1.29 is 55.0 Å². The van der Waals surface area contributed by atoms with E-state index in [0.29, 0.717) is 0 Å². The summed E-state index contributed by atoms with van der Waals surface area (Å²) in [6.45, 7) is 0. The molecule has 0 bridgehead atoms. The molecule has 0 unspecified atom stereocenters. The van der Waals surface area contributed by atoms with Gasteiger partial charge < -0.3 is 18.9 Å². The lowest BCUT2D eigenvalue weighted by Crippen LogP contribution is -2.66. The summed E-state index contributed by atoms with van der Waals surface area (Å²) in [7, 11) is -4.93. The van der Waals surface area contributed by atoms with E-state index in [1.165, 1.54) is 48.5 Å². The van der Waals surface area contributed by atoms with Crippen LogP contribution in [0.1, 0.15) is 24.0 Å². The molecular formula is C40H38N4O12S2. The summed E-state index contributed by atoms with van der Waals surface area (Å²) in [6.07, 6.45) is -6.35. The molecule has 58 heavy (non-hydrogen) atoms. The van der Waals surface area contributed by atoms with Crippen molar-refractivity contribution in [1.82, 2.24) is 9.80 Å². The number of esters is 2. The maximum atomic E-state index is 15.2. The first-order valence-corrected chi connectivity index (χ1v) is 20.9. The molecule has 4 aliphatic heterocycles. The first-order valence-electron chi connectivity index (χ1n) is 18.1. The van der Waals surface area contributed by atoms with Gasteiger partial charge in [0.1, 0.15) is 24.4 Å². The van der Waals surface area contributed by atoms with Crippen LogP contribution in [-0.2, 0) is 59.4 Å². The second-order valence-corrected chi connectivity index (χ2v) is 17.8. The van der Waals surface area contributed by atoms with E-state index in [-0.39, 0.29) is 45.1 Å². The number of benzene rings is 4. The van der Waals surface area contributed by atoms with Crippen molar-refractivity contribution in [2.45, 2.75) is 57.9 Å². The van der Waals surface area contributed by atoms with Gasteiger partial charge in [0.25, 0.3) is 20.0 Å². The molecule has 302 valence electrons. The summed E-state index contributed by atoms with van der Waals surface area (Å²) in [5, 5.41) is 0. The lowest BCUT2D eigenvalue weighted by molar-refractivity contribution is -0.146. The highest BCUT2D eigenvalue weighted by Gasteiger charge is 2.81. The van der Waals surface area contributed by atoms with Crippen molar-refractivity contribution in [3.05, 3.63) is 120 Å². The first kappa shape index (κ1) is 38.7. The van der Waals surface area contributed by atoms with E-state index in [1.54, 1.807) is 60.7 Å². The number of rotatable bonds is 7. The van der Waals surface area contributed by atoms with Gasteiger partial charge in [-0.15, -0.1) is 0 Å². The lowest BCUT2D eigenvalue weighted by atomic mass is 9.54. The number of methoxy groups -OCH3 is 4. The fourth-order valence-corrected chi connectivity index (χ4v) is 13.3. The molecule has 2 fully saturated rings. The number of carbonyl (C=O) groups excluding carboxylic acids is 4. The number of fused-ring (bicyclic) bond motifs is 7. The molecule has 0 radical (unpaired) electrons. The third-order valence-electron chi connectivity index (χ3n) is 11.9. The zero-order valence-electron chi connectivity index (χ0n) is 31.6. The Hall–Kier alpha value is -6.14. The summed E-state index contributed by atoms with van der Waals surface area (Å²) in [4.78, 5) is 58.4. The van der Waals surface area contributed by atoms with Gasteiger partial charge >= 0.3 is 24.1 Å². The molecular weight excluding hydrogens is 793 g/mol. The molecule has 18 heteroatoms.